The number of amides is 1. The molecule has 17 heavy (non-hydrogen) atoms. The van der Waals surface area contributed by atoms with Crippen LogP contribution in [0.1, 0.15) is 29.3 Å². The van der Waals surface area contributed by atoms with Gasteiger partial charge in [-0.2, -0.15) is 11.8 Å². The van der Waals surface area contributed by atoms with Crippen LogP contribution in [-0.2, 0) is 6.54 Å². The molecule has 3 nitrogen and oxygen atoms in total. The normalized spacial score (nSPS) is 12.4. The second-order valence-corrected chi connectivity index (χ2v) is 5.31. The Morgan fingerprint density at radius 2 is 2.18 bits per heavy atom. The Morgan fingerprint density at radius 3 is 2.82 bits per heavy atom. The zero-order valence-corrected chi connectivity index (χ0v) is 11.2. The Morgan fingerprint density at radius 1 is 1.47 bits per heavy atom. The Hall–Kier alpha value is -1.00. The minimum absolute atomic E-state index is 0.361. The molecule has 0 heterocycles. The Balaban J connectivity index is 2.44. The number of rotatable bonds is 7. The maximum absolute atomic E-state index is 11.2. The van der Waals surface area contributed by atoms with Crippen molar-refractivity contribution in [2.75, 3.05) is 12.8 Å². The maximum Gasteiger partial charge on any atom is 0.249 e. The van der Waals surface area contributed by atoms with Crippen molar-refractivity contribution >= 4 is 17.7 Å². The minimum Gasteiger partial charge on any atom is -0.366 e. The van der Waals surface area contributed by atoms with Gasteiger partial charge in [0.25, 0.3) is 0 Å². The number of carbonyl (C=O) groups excluding carboxylic acids is 1. The number of carbonyl (C=O) groups is 1. The highest BCUT2D eigenvalue weighted by molar-refractivity contribution is 7.99. The highest BCUT2D eigenvalue weighted by atomic mass is 32.2. The van der Waals surface area contributed by atoms with Gasteiger partial charge < -0.3 is 11.1 Å². The molecule has 0 aliphatic rings. The highest BCUT2D eigenvalue weighted by Crippen LogP contribution is 2.10. The quantitative estimate of drug-likeness (QED) is 0.730. The summed E-state index contributed by atoms with van der Waals surface area (Å²) in [6.07, 6.45) is 3.24. The van der Waals surface area contributed by atoms with Crippen LogP contribution in [0.3, 0.4) is 0 Å². The van der Waals surface area contributed by atoms with E-state index in [9.17, 15) is 4.79 Å². The zero-order valence-electron chi connectivity index (χ0n) is 10.4. The fourth-order valence-electron chi connectivity index (χ4n) is 1.56. The first-order valence-electron chi connectivity index (χ1n) is 5.76. The molecule has 0 saturated heterocycles. The summed E-state index contributed by atoms with van der Waals surface area (Å²) in [5, 5.41) is 4.00. The van der Waals surface area contributed by atoms with Crippen molar-refractivity contribution in [3.8, 4) is 0 Å². The van der Waals surface area contributed by atoms with E-state index in [0.29, 0.717) is 17.4 Å². The van der Waals surface area contributed by atoms with Crippen molar-refractivity contribution in [3.05, 3.63) is 35.4 Å². The van der Waals surface area contributed by atoms with Gasteiger partial charge in [-0.15, -0.1) is 0 Å². The van der Waals surface area contributed by atoms with E-state index >= 15 is 0 Å². The lowest BCUT2D eigenvalue weighted by Crippen LogP contribution is -2.21. The zero-order chi connectivity index (χ0) is 12.7. The molecule has 1 unspecified atom stereocenters. The van der Waals surface area contributed by atoms with Crippen molar-refractivity contribution in [2.24, 2.45) is 5.73 Å². The van der Waals surface area contributed by atoms with Gasteiger partial charge in [-0.25, -0.2) is 0 Å². The van der Waals surface area contributed by atoms with E-state index in [4.69, 9.17) is 5.73 Å². The SMILES string of the molecule is CSC(C)CCNCc1ccccc1C(N)=O. The van der Waals surface area contributed by atoms with Gasteiger partial charge in [0, 0.05) is 17.4 Å². The second kappa shape index (κ2) is 7.35. The molecule has 1 atom stereocenters. The van der Waals surface area contributed by atoms with Crippen molar-refractivity contribution in [3.63, 3.8) is 0 Å². The molecule has 1 amide bonds. The summed E-state index contributed by atoms with van der Waals surface area (Å²) in [6, 6.07) is 7.46. The third-order valence-electron chi connectivity index (χ3n) is 2.73. The monoisotopic (exact) mass is 252 g/mol. The van der Waals surface area contributed by atoms with Crippen LogP contribution in [0.5, 0.6) is 0 Å². The average molecular weight is 252 g/mol. The van der Waals surface area contributed by atoms with Crippen LogP contribution in [0.25, 0.3) is 0 Å². The average Bonchev–Trinajstić information content (AvgIpc) is 2.34. The van der Waals surface area contributed by atoms with Gasteiger partial charge in [0.05, 0.1) is 0 Å². The molecular formula is C13H20N2OS. The molecule has 0 aliphatic heterocycles. The van der Waals surface area contributed by atoms with E-state index in [1.807, 2.05) is 30.0 Å². The first-order valence-corrected chi connectivity index (χ1v) is 7.05. The number of nitrogens with two attached hydrogens (primary N) is 1. The fraction of sp³-hybridized carbons (Fsp3) is 0.462. The third kappa shape index (κ3) is 4.79. The topological polar surface area (TPSA) is 55.1 Å². The largest absolute Gasteiger partial charge is 0.366 e. The van der Waals surface area contributed by atoms with Crippen LogP contribution in [0.2, 0.25) is 0 Å². The fourth-order valence-corrected chi connectivity index (χ4v) is 1.91. The highest BCUT2D eigenvalue weighted by Gasteiger charge is 2.06. The number of benzene rings is 1. The summed E-state index contributed by atoms with van der Waals surface area (Å²) in [4.78, 5) is 11.2. The Labute approximate surface area is 107 Å². The number of nitrogens with one attached hydrogen (secondary N) is 1. The standard InChI is InChI=1S/C13H20N2OS/c1-10(17-2)7-8-15-9-11-5-3-4-6-12(11)13(14)16/h3-6,10,15H,7-9H2,1-2H3,(H2,14,16). The minimum atomic E-state index is -0.361. The van der Waals surface area contributed by atoms with Crippen molar-refractivity contribution < 1.29 is 4.79 Å². The van der Waals surface area contributed by atoms with Gasteiger partial charge in [-0.1, -0.05) is 25.1 Å². The molecule has 94 valence electrons. The molecule has 1 rings (SSSR count). The number of primary amides is 1. The molecule has 0 fully saturated rings. The van der Waals surface area contributed by atoms with Crippen molar-refractivity contribution in [2.45, 2.75) is 25.1 Å². The van der Waals surface area contributed by atoms with Crippen molar-refractivity contribution in [1.29, 1.82) is 0 Å². The van der Waals surface area contributed by atoms with Gasteiger partial charge in [0.1, 0.15) is 0 Å². The summed E-state index contributed by atoms with van der Waals surface area (Å²) in [7, 11) is 0. The van der Waals surface area contributed by atoms with E-state index < -0.39 is 0 Å². The molecule has 0 radical (unpaired) electrons. The van der Waals surface area contributed by atoms with Gasteiger partial charge >= 0.3 is 0 Å². The number of hydrogen-bond donors (Lipinski definition) is 2. The summed E-state index contributed by atoms with van der Waals surface area (Å²) >= 11 is 1.86. The van der Waals surface area contributed by atoms with Crippen LogP contribution in [0.15, 0.2) is 24.3 Å². The van der Waals surface area contributed by atoms with Gasteiger partial charge in [-0.05, 0) is 30.9 Å². The maximum atomic E-state index is 11.2. The van der Waals surface area contributed by atoms with Crippen LogP contribution in [0, 0.1) is 0 Å². The summed E-state index contributed by atoms with van der Waals surface area (Å²) < 4.78 is 0. The predicted octanol–water partition coefficient (Wildman–Crippen LogP) is 2.02. The first-order chi connectivity index (χ1) is 8.15. The van der Waals surface area contributed by atoms with Gasteiger partial charge in [0.15, 0.2) is 0 Å². The third-order valence-corrected chi connectivity index (χ3v) is 3.77. The molecule has 0 spiro atoms. The lowest BCUT2D eigenvalue weighted by Gasteiger charge is -2.10. The lowest BCUT2D eigenvalue weighted by molar-refractivity contribution is 0.0999. The smallest absolute Gasteiger partial charge is 0.249 e. The molecule has 4 heteroatoms. The molecule has 1 aromatic rings. The number of hydrogen-bond acceptors (Lipinski definition) is 3. The van der Waals surface area contributed by atoms with Crippen LogP contribution in [0.4, 0.5) is 0 Å². The van der Waals surface area contributed by atoms with Crippen LogP contribution in [-0.4, -0.2) is 24.0 Å². The molecule has 0 aliphatic carbocycles. The lowest BCUT2D eigenvalue weighted by atomic mass is 10.1. The molecule has 0 aromatic heterocycles. The first kappa shape index (κ1) is 14.1. The second-order valence-electron chi connectivity index (χ2n) is 4.03. The summed E-state index contributed by atoms with van der Waals surface area (Å²) in [5.41, 5.74) is 6.90. The van der Waals surface area contributed by atoms with E-state index in [2.05, 4.69) is 18.5 Å². The van der Waals surface area contributed by atoms with Crippen LogP contribution >= 0.6 is 11.8 Å². The molecule has 3 N–H and O–H groups in total. The van der Waals surface area contributed by atoms with Crippen molar-refractivity contribution in [1.82, 2.24) is 5.32 Å². The van der Waals surface area contributed by atoms with E-state index in [1.165, 1.54) is 0 Å². The molecule has 0 bridgehead atoms. The molecule has 1 aromatic carbocycles. The van der Waals surface area contributed by atoms with Gasteiger partial charge in [-0.3, -0.25) is 4.79 Å². The summed E-state index contributed by atoms with van der Waals surface area (Å²) in [6.45, 7) is 3.86. The Bertz CT molecular complexity index is 368. The Kier molecular flexibility index (Phi) is 6.08. The van der Waals surface area contributed by atoms with E-state index in [0.717, 1.165) is 18.5 Å². The van der Waals surface area contributed by atoms with Gasteiger partial charge in [0.2, 0.25) is 5.91 Å². The number of thioether (sulfide) groups is 1. The van der Waals surface area contributed by atoms with Crippen LogP contribution < -0.4 is 11.1 Å². The van der Waals surface area contributed by atoms with E-state index in [1.54, 1.807) is 6.07 Å². The summed E-state index contributed by atoms with van der Waals surface area (Å²) in [5.74, 6) is -0.361. The van der Waals surface area contributed by atoms with E-state index in [-0.39, 0.29) is 5.91 Å². The molecule has 0 saturated carbocycles. The predicted molar refractivity (Wildman–Crippen MR) is 74.3 cm³/mol. The molecular weight excluding hydrogens is 232 g/mol.